The number of esters is 1. The van der Waals surface area contributed by atoms with E-state index >= 15 is 0 Å². The van der Waals surface area contributed by atoms with Crippen molar-refractivity contribution < 1.29 is 19.1 Å². The molecule has 8 heteroatoms. The monoisotopic (exact) mass is 520 g/mol. The number of carbonyl (C=O) groups is 3. The Morgan fingerprint density at radius 2 is 1.43 bits per heavy atom. The molecule has 35 heavy (non-hydrogen) atoms. The van der Waals surface area contributed by atoms with Crippen LogP contribution in [0.3, 0.4) is 0 Å². The number of benzene rings is 2. The standard InChI is InChI=1S/C27H34Cl2N2O4/c1-2-3-4-5-6-7-8-9-10-15-25(32)31-24-14-12-11-13-21(24)27(34)35-19-26(33)30-20-16-17-22(28)23(29)18-20/h11-14,16-18H,2-10,15,19H2,1H3,(H,30,33)(H,31,32). The fourth-order valence-corrected chi connectivity index (χ4v) is 3.86. The first-order valence-electron chi connectivity index (χ1n) is 12.2. The Bertz CT molecular complexity index is 981. The number of hydrogen-bond donors (Lipinski definition) is 2. The molecule has 0 fully saturated rings. The van der Waals surface area contributed by atoms with Crippen LogP contribution in [-0.4, -0.2) is 24.4 Å². The summed E-state index contributed by atoms with van der Waals surface area (Å²) in [6.45, 7) is 1.73. The summed E-state index contributed by atoms with van der Waals surface area (Å²) in [5, 5.41) is 6.04. The summed E-state index contributed by atoms with van der Waals surface area (Å²) in [5.74, 6) is -1.37. The highest BCUT2D eigenvalue weighted by Crippen LogP contribution is 2.25. The van der Waals surface area contributed by atoms with Gasteiger partial charge in [-0.2, -0.15) is 0 Å². The van der Waals surface area contributed by atoms with Crippen LogP contribution in [-0.2, 0) is 14.3 Å². The summed E-state index contributed by atoms with van der Waals surface area (Å²) in [7, 11) is 0. The smallest absolute Gasteiger partial charge is 0.340 e. The van der Waals surface area contributed by atoms with Gasteiger partial charge in [0.2, 0.25) is 5.91 Å². The minimum atomic E-state index is -0.701. The number of carbonyl (C=O) groups excluding carboxylic acids is 3. The molecule has 0 heterocycles. The van der Waals surface area contributed by atoms with Gasteiger partial charge >= 0.3 is 5.97 Å². The maximum Gasteiger partial charge on any atom is 0.340 e. The number of ether oxygens (including phenoxy) is 1. The van der Waals surface area contributed by atoms with E-state index in [-0.39, 0.29) is 11.5 Å². The first-order valence-corrected chi connectivity index (χ1v) is 13.0. The fraction of sp³-hybridized carbons (Fsp3) is 0.444. The Balaban J connectivity index is 1.74. The zero-order chi connectivity index (χ0) is 25.5. The third-order valence-corrected chi connectivity index (χ3v) is 6.21. The predicted molar refractivity (Wildman–Crippen MR) is 142 cm³/mol. The van der Waals surface area contributed by atoms with Crippen molar-refractivity contribution in [2.75, 3.05) is 17.2 Å². The largest absolute Gasteiger partial charge is 0.452 e. The summed E-state index contributed by atoms with van der Waals surface area (Å²) in [6, 6.07) is 11.2. The van der Waals surface area contributed by atoms with E-state index in [2.05, 4.69) is 17.6 Å². The number of para-hydroxylation sites is 1. The highest BCUT2D eigenvalue weighted by Gasteiger charge is 2.16. The van der Waals surface area contributed by atoms with Gasteiger partial charge in [-0.3, -0.25) is 9.59 Å². The van der Waals surface area contributed by atoms with Crippen molar-refractivity contribution in [3.8, 4) is 0 Å². The lowest BCUT2D eigenvalue weighted by Gasteiger charge is -2.11. The summed E-state index contributed by atoms with van der Waals surface area (Å²) >= 11 is 11.8. The van der Waals surface area contributed by atoms with Crippen molar-refractivity contribution in [2.24, 2.45) is 0 Å². The summed E-state index contributed by atoms with van der Waals surface area (Å²) < 4.78 is 5.14. The average molecular weight is 521 g/mol. The fourth-order valence-electron chi connectivity index (χ4n) is 3.56. The Kier molecular flexibility index (Phi) is 13.2. The molecule has 0 bridgehead atoms. The molecule has 0 atom stereocenters. The lowest BCUT2D eigenvalue weighted by atomic mass is 10.1. The molecule has 0 aliphatic carbocycles. The second-order valence-corrected chi connectivity index (χ2v) is 9.24. The molecule has 0 saturated heterocycles. The van der Waals surface area contributed by atoms with Gasteiger partial charge in [0.15, 0.2) is 6.61 Å². The molecule has 2 rings (SSSR count). The van der Waals surface area contributed by atoms with Crippen molar-refractivity contribution in [2.45, 2.75) is 71.1 Å². The van der Waals surface area contributed by atoms with E-state index in [4.69, 9.17) is 27.9 Å². The van der Waals surface area contributed by atoms with Gasteiger partial charge in [0, 0.05) is 12.1 Å². The van der Waals surface area contributed by atoms with Crippen LogP contribution in [0.25, 0.3) is 0 Å². The van der Waals surface area contributed by atoms with Crippen molar-refractivity contribution >= 4 is 52.4 Å². The molecule has 2 aromatic carbocycles. The van der Waals surface area contributed by atoms with Crippen LogP contribution >= 0.6 is 23.2 Å². The van der Waals surface area contributed by atoms with Crippen LogP contribution in [0, 0.1) is 0 Å². The van der Waals surface area contributed by atoms with Gasteiger partial charge < -0.3 is 15.4 Å². The molecule has 2 N–H and O–H groups in total. The third-order valence-electron chi connectivity index (χ3n) is 5.47. The molecular formula is C27H34Cl2N2O4. The molecule has 0 unspecified atom stereocenters. The van der Waals surface area contributed by atoms with Gasteiger partial charge in [-0.25, -0.2) is 4.79 Å². The molecule has 0 aliphatic rings. The van der Waals surface area contributed by atoms with Crippen molar-refractivity contribution in [3.05, 3.63) is 58.1 Å². The van der Waals surface area contributed by atoms with Crippen molar-refractivity contribution in [1.29, 1.82) is 0 Å². The molecule has 2 amide bonds. The van der Waals surface area contributed by atoms with Crippen molar-refractivity contribution in [1.82, 2.24) is 0 Å². The van der Waals surface area contributed by atoms with Gasteiger partial charge in [-0.1, -0.05) is 93.6 Å². The second-order valence-electron chi connectivity index (χ2n) is 8.43. The van der Waals surface area contributed by atoms with E-state index in [1.165, 1.54) is 44.6 Å². The summed E-state index contributed by atoms with van der Waals surface area (Å²) in [5.41, 5.74) is 0.989. The maximum absolute atomic E-state index is 12.5. The minimum Gasteiger partial charge on any atom is -0.452 e. The number of unbranched alkanes of at least 4 members (excludes halogenated alkanes) is 8. The minimum absolute atomic E-state index is 0.148. The van der Waals surface area contributed by atoms with Gasteiger partial charge in [0.05, 0.1) is 21.3 Å². The van der Waals surface area contributed by atoms with Crippen LogP contribution < -0.4 is 10.6 Å². The average Bonchev–Trinajstić information content (AvgIpc) is 2.84. The van der Waals surface area contributed by atoms with E-state index < -0.39 is 18.5 Å². The molecule has 0 aliphatic heterocycles. The Labute approximate surface area is 217 Å². The van der Waals surface area contributed by atoms with E-state index in [1.807, 2.05) is 0 Å². The Hall–Kier alpha value is -2.57. The van der Waals surface area contributed by atoms with E-state index in [0.717, 1.165) is 19.3 Å². The zero-order valence-electron chi connectivity index (χ0n) is 20.2. The van der Waals surface area contributed by atoms with Crippen molar-refractivity contribution in [3.63, 3.8) is 0 Å². The lowest BCUT2D eigenvalue weighted by molar-refractivity contribution is -0.119. The molecule has 0 spiro atoms. The number of halogens is 2. The van der Waals surface area contributed by atoms with Gasteiger partial charge in [-0.05, 0) is 36.8 Å². The zero-order valence-corrected chi connectivity index (χ0v) is 21.7. The Morgan fingerprint density at radius 1 is 0.771 bits per heavy atom. The van der Waals surface area contributed by atoms with Crippen LogP contribution in [0.1, 0.15) is 81.5 Å². The summed E-state index contributed by atoms with van der Waals surface area (Å²) in [4.78, 5) is 37.0. The van der Waals surface area contributed by atoms with E-state index in [9.17, 15) is 14.4 Å². The van der Waals surface area contributed by atoms with Gasteiger partial charge in [0.1, 0.15) is 0 Å². The Morgan fingerprint density at radius 3 is 2.11 bits per heavy atom. The first kappa shape index (κ1) is 28.7. The highest BCUT2D eigenvalue weighted by molar-refractivity contribution is 6.42. The number of amides is 2. The van der Waals surface area contributed by atoms with Gasteiger partial charge in [-0.15, -0.1) is 0 Å². The van der Waals surface area contributed by atoms with Crippen LogP contribution in [0.5, 0.6) is 0 Å². The molecule has 0 saturated carbocycles. The maximum atomic E-state index is 12.5. The number of anilines is 2. The number of hydrogen-bond acceptors (Lipinski definition) is 4. The van der Waals surface area contributed by atoms with Crippen LogP contribution in [0.15, 0.2) is 42.5 Å². The third kappa shape index (κ3) is 11.1. The van der Waals surface area contributed by atoms with E-state index in [1.54, 1.807) is 36.4 Å². The molecular weight excluding hydrogens is 487 g/mol. The van der Waals surface area contributed by atoms with Crippen LogP contribution in [0.2, 0.25) is 10.0 Å². The van der Waals surface area contributed by atoms with Crippen LogP contribution in [0.4, 0.5) is 11.4 Å². The van der Waals surface area contributed by atoms with Gasteiger partial charge in [0.25, 0.3) is 5.91 Å². The molecule has 6 nitrogen and oxygen atoms in total. The number of rotatable bonds is 15. The SMILES string of the molecule is CCCCCCCCCCCC(=O)Nc1ccccc1C(=O)OCC(=O)Nc1ccc(Cl)c(Cl)c1. The highest BCUT2D eigenvalue weighted by atomic mass is 35.5. The predicted octanol–water partition coefficient (Wildman–Crippen LogP) is 7.65. The quantitative estimate of drug-likeness (QED) is 0.186. The number of nitrogens with one attached hydrogen (secondary N) is 2. The molecule has 0 aromatic heterocycles. The van der Waals surface area contributed by atoms with E-state index in [0.29, 0.717) is 27.8 Å². The normalized spacial score (nSPS) is 10.6. The second kappa shape index (κ2) is 16.2. The topological polar surface area (TPSA) is 84.5 Å². The molecule has 190 valence electrons. The molecule has 2 aromatic rings. The summed E-state index contributed by atoms with van der Waals surface area (Å²) in [6.07, 6.45) is 11.0. The first-order chi connectivity index (χ1) is 16.9. The molecule has 0 radical (unpaired) electrons. The lowest BCUT2D eigenvalue weighted by Crippen LogP contribution is -2.22.